The topological polar surface area (TPSA) is 87.7 Å². The Morgan fingerprint density at radius 1 is 1.19 bits per heavy atom. The lowest BCUT2D eigenvalue weighted by Crippen LogP contribution is -2.28. The Bertz CT molecular complexity index is 1610. The number of halogens is 2. The maximum atomic E-state index is 15.1. The Kier molecular flexibility index (Phi) is 4.70. The number of fused-ring (bicyclic) bond motifs is 2. The van der Waals surface area contributed by atoms with Gasteiger partial charge in [0.25, 0.3) is 5.56 Å². The first-order valence-corrected chi connectivity index (χ1v) is 12.6. The van der Waals surface area contributed by atoms with Crippen molar-refractivity contribution in [2.75, 3.05) is 6.61 Å². The molecule has 184 valence electrons. The van der Waals surface area contributed by atoms with Gasteiger partial charge in [-0.1, -0.05) is 11.6 Å². The lowest BCUT2D eigenvalue weighted by molar-refractivity contribution is -0.00241. The third-order valence-electron chi connectivity index (χ3n) is 8.00. The Morgan fingerprint density at radius 2 is 2.03 bits per heavy atom. The SMILES string of the molecule is Cc1nc2c(-c3ccc(Cl)cc3F)nc([C@@]34CCO[C@@H](c5cnn(C6CC6)c5)[C@@H]3C4)nc2c(=O)n1C. The van der Waals surface area contributed by atoms with Crippen LogP contribution < -0.4 is 5.56 Å². The van der Waals surface area contributed by atoms with Gasteiger partial charge in [-0.2, -0.15) is 5.10 Å². The van der Waals surface area contributed by atoms with E-state index >= 15 is 4.39 Å². The van der Waals surface area contributed by atoms with Crippen LogP contribution in [0.2, 0.25) is 5.02 Å². The average molecular weight is 507 g/mol. The van der Waals surface area contributed by atoms with E-state index in [0.717, 1.165) is 31.2 Å². The fraction of sp³-hybridized carbons (Fsp3) is 0.423. The predicted octanol–water partition coefficient (Wildman–Crippen LogP) is 4.44. The van der Waals surface area contributed by atoms with Gasteiger partial charge in [0, 0.05) is 47.3 Å². The van der Waals surface area contributed by atoms with E-state index in [2.05, 4.69) is 16.3 Å². The number of nitrogens with zero attached hydrogens (tertiary/aromatic N) is 6. The van der Waals surface area contributed by atoms with Crippen LogP contribution >= 0.6 is 11.6 Å². The van der Waals surface area contributed by atoms with Crippen LogP contribution in [0.25, 0.3) is 22.3 Å². The van der Waals surface area contributed by atoms with Crippen molar-refractivity contribution in [1.29, 1.82) is 0 Å². The van der Waals surface area contributed by atoms with Gasteiger partial charge >= 0.3 is 0 Å². The van der Waals surface area contributed by atoms with E-state index in [1.165, 1.54) is 10.6 Å². The Balaban J connectivity index is 1.38. The second kappa shape index (κ2) is 7.66. The third-order valence-corrected chi connectivity index (χ3v) is 8.23. The Labute approximate surface area is 211 Å². The minimum absolute atomic E-state index is 0.111. The normalized spacial score (nSPS) is 25.2. The van der Waals surface area contributed by atoms with E-state index in [0.29, 0.717) is 35.5 Å². The molecule has 0 amide bonds. The number of ether oxygens (including phenoxy) is 1. The molecule has 0 radical (unpaired) electrons. The number of benzene rings is 1. The molecular formula is C26H24ClFN6O2. The van der Waals surface area contributed by atoms with Gasteiger partial charge in [0.2, 0.25) is 0 Å². The van der Waals surface area contributed by atoms with E-state index in [1.807, 2.05) is 10.9 Å². The van der Waals surface area contributed by atoms with E-state index in [4.69, 9.17) is 26.3 Å². The van der Waals surface area contributed by atoms with E-state index in [1.54, 1.807) is 26.1 Å². The van der Waals surface area contributed by atoms with Crippen LogP contribution in [0.3, 0.4) is 0 Å². The molecule has 36 heavy (non-hydrogen) atoms. The van der Waals surface area contributed by atoms with Crippen LogP contribution in [0.15, 0.2) is 35.4 Å². The van der Waals surface area contributed by atoms with Gasteiger partial charge in [-0.3, -0.25) is 14.0 Å². The highest BCUT2D eigenvalue weighted by molar-refractivity contribution is 6.30. The van der Waals surface area contributed by atoms with E-state index in [9.17, 15) is 4.79 Å². The first kappa shape index (κ1) is 22.1. The number of hydrogen-bond acceptors (Lipinski definition) is 6. The van der Waals surface area contributed by atoms with Crippen molar-refractivity contribution < 1.29 is 9.13 Å². The number of aromatic nitrogens is 6. The number of hydrogen-bond donors (Lipinski definition) is 0. The van der Waals surface area contributed by atoms with E-state index < -0.39 is 5.82 Å². The van der Waals surface area contributed by atoms with Gasteiger partial charge in [0.05, 0.1) is 18.3 Å². The van der Waals surface area contributed by atoms with Crippen molar-refractivity contribution in [3.8, 4) is 11.3 Å². The molecule has 1 saturated heterocycles. The largest absolute Gasteiger partial charge is 0.373 e. The molecular weight excluding hydrogens is 483 g/mol. The zero-order valence-electron chi connectivity index (χ0n) is 19.9. The molecule has 2 saturated carbocycles. The second-order valence-corrected chi connectivity index (χ2v) is 10.7. The van der Waals surface area contributed by atoms with Crippen molar-refractivity contribution in [2.45, 2.75) is 50.2 Å². The Hall–Kier alpha value is -3.17. The highest BCUT2D eigenvalue weighted by Gasteiger charge is 2.63. The van der Waals surface area contributed by atoms with E-state index in [-0.39, 0.29) is 39.1 Å². The maximum absolute atomic E-state index is 15.1. The summed E-state index contributed by atoms with van der Waals surface area (Å²) >= 11 is 6.01. The average Bonchev–Trinajstić information content (AvgIpc) is 3.79. The summed E-state index contributed by atoms with van der Waals surface area (Å²) < 4.78 is 24.8. The molecule has 1 aromatic carbocycles. The van der Waals surface area contributed by atoms with Gasteiger partial charge in [-0.25, -0.2) is 19.3 Å². The van der Waals surface area contributed by atoms with Gasteiger partial charge < -0.3 is 4.74 Å². The summed E-state index contributed by atoms with van der Waals surface area (Å²) in [6, 6.07) is 4.94. The second-order valence-electron chi connectivity index (χ2n) is 10.2. The minimum atomic E-state index is -0.518. The molecule has 4 aromatic rings. The monoisotopic (exact) mass is 506 g/mol. The highest BCUT2D eigenvalue weighted by atomic mass is 35.5. The molecule has 0 N–H and O–H groups in total. The fourth-order valence-corrected chi connectivity index (χ4v) is 5.74. The number of aryl methyl sites for hydroxylation is 1. The van der Waals surface area contributed by atoms with Crippen LogP contribution in [0, 0.1) is 18.7 Å². The molecule has 0 unspecified atom stereocenters. The Morgan fingerprint density at radius 3 is 2.81 bits per heavy atom. The van der Waals surface area contributed by atoms with Crippen molar-refractivity contribution >= 4 is 22.6 Å². The lowest BCUT2D eigenvalue weighted by Gasteiger charge is -2.28. The van der Waals surface area contributed by atoms with Gasteiger partial charge in [-0.05, 0) is 50.8 Å². The van der Waals surface area contributed by atoms with Gasteiger partial charge in [0.15, 0.2) is 5.52 Å². The molecule has 3 aliphatic rings. The lowest BCUT2D eigenvalue weighted by atomic mass is 9.91. The third kappa shape index (κ3) is 3.25. The summed E-state index contributed by atoms with van der Waals surface area (Å²) in [7, 11) is 1.66. The van der Waals surface area contributed by atoms with Crippen molar-refractivity contribution in [3.63, 3.8) is 0 Å². The van der Waals surface area contributed by atoms with Crippen molar-refractivity contribution in [3.05, 3.63) is 69.0 Å². The van der Waals surface area contributed by atoms with Gasteiger partial charge in [0.1, 0.15) is 28.7 Å². The summed E-state index contributed by atoms with van der Waals surface area (Å²) in [6.45, 7) is 2.28. The molecule has 4 heterocycles. The molecule has 2 aliphatic carbocycles. The molecule has 10 heteroatoms. The summed E-state index contributed by atoms with van der Waals surface area (Å²) in [5, 5.41) is 4.83. The van der Waals surface area contributed by atoms with Crippen LogP contribution in [0.5, 0.6) is 0 Å². The summed E-state index contributed by atoms with van der Waals surface area (Å²) in [6.07, 6.45) is 7.78. The quantitative estimate of drug-likeness (QED) is 0.406. The predicted molar refractivity (Wildman–Crippen MR) is 131 cm³/mol. The maximum Gasteiger partial charge on any atom is 0.279 e. The highest BCUT2D eigenvalue weighted by Crippen LogP contribution is 2.64. The molecule has 8 nitrogen and oxygen atoms in total. The van der Waals surface area contributed by atoms with Gasteiger partial charge in [-0.15, -0.1) is 0 Å². The van der Waals surface area contributed by atoms with Crippen LogP contribution in [0.4, 0.5) is 4.39 Å². The van der Waals surface area contributed by atoms with Crippen molar-refractivity contribution in [1.82, 2.24) is 29.3 Å². The van der Waals surface area contributed by atoms with Crippen molar-refractivity contribution in [2.24, 2.45) is 13.0 Å². The molecule has 0 bridgehead atoms. The molecule has 3 atom stereocenters. The van der Waals surface area contributed by atoms with Crippen LogP contribution in [-0.4, -0.2) is 35.9 Å². The summed E-state index contributed by atoms with van der Waals surface area (Å²) in [4.78, 5) is 27.5. The van der Waals surface area contributed by atoms with Crippen LogP contribution in [-0.2, 0) is 17.2 Å². The first-order chi connectivity index (χ1) is 17.4. The smallest absolute Gasteiger partial charge is 0.279 e. The number of rotatable bonds is 4. The molecule has 1 aliphatic heterocycles. The standard InChI is InChI=1S/C26H24ClFN6O2/c1-13-30-21-20(17-6-3-15(27)9-19(17)28)31-25(32-22(21)24(35)33(13)2)26-7-8-36-23(18(26)10-26)14-11-29-34(12-14)16-4-5-16/h3,6,9,11-12,16,18,23H,4-5,7-8,10H2,1-2H3/t18-,23-,26+/m0/s1. The first-order valence-electron chi connectivity index (χ1n) is 12.2. The molecule has 0 spiro atoms. The minimum Gasteiger partial charge on any atom is -0.373 e. The molecule has 3 aromatic heterocycles. The summed E-state index contributed by atoms with van der Waals surface area (Å²) in [5.74, 6) is 0.692. The zero-order valence-corrected chi connectivity index (χ0v) is 20.7. The van der Waals surface area contributed by atoms with Crippen LogP contribution in [0.1, 0.15) is 55.0 Å². The summed E-state index contributed by atoms with van der Waals surface area (Å²) in [5.41, 5.74) is 1.49. The fourth-order valence-electron chi connectivity index (χ4n) is 5.58. The molecule has 7 rings (SSSR count). The zero-order chi connectivity index (χ0) is 24.8. The molecule has 3 fully saturated rings.